The highest BCUT2D eigenvalue weighted by atomic mass is 16.6. The third-order valence-electron chi connectivity index (χ3n) is 5.22. The normalized spacial score (nSPS) is 20.9. The third-order valence-corrected chi connectivity index (χ3v) is 5.22. The first kappa shape index (κ1) is 17.3. The number of ether oxygens (including phenoxy) is 1. The minimum Gasteiger partial charge on any atom is -0.444 e. The van der Waals surface area contributed by atoms with E-state index in [2.05, 4.69) is 6.20 Å². The van der Waals surface area contributed by atoms with E-state index in [0.29, 0.717) is 0 Å². The minimum atomic E-state index is -0.487. The highest BCUT2D eigenvalue weighted by Gasteiger charge is 2.33. The topological polar surface area (TPSA) is 59.7 Å². The molecule has 3 heterocycles. The predicted molar refractivity (Wildman–Crippen MR) is 99.2 cm³/mol. The van der Waals surface area contributed by atoms with Gasteiger partial charge < -0.3 is 4.74 Å². The van der Waals surface area contributed by atoms with Crippen molar-refractivity contribution < 1.29 is 9.53 Å². The number of piperidine rings is 1. The molecular formula is C20H28N4O2. The molecule has 0 aromatic carbocycles. The fourth-order valence-electron chi connectivity index (χ4n) is 3.99. The molecule has 0 saturated carbocycles. The molecule has 1 atom stereocenters. The molecule has 4 rings (SSSR count). The van der Waals surface area contributed by atoms with Crippen molar-refractivity contribution in [3.8, 4) is 0 Å². The van der Waals surface area contributed by atoms with Crippen LogP contribution in [0.15, 0.2) is 12.3 Å². The molecule has 6 nitrogen and oxygen atoms in total. The number of fused-ring (bicyclic) bond motifs is 2. The Morgan fingerprint density at radius 1 is 1.19 bits per heavy atom. The van der Waals surface area contributed by atoms with Crippen molar-refractivity contribution in [2.24, 2.45) is 0 Å². The first-order chi connectivity index (χ1) is 12.4. The smallest absolute Gasteiger partial charge is 0.410 e. The molecule has 0 bridgehead atoms. The van der Waals surface area contributed by atoms with Crippen LogP contribution in [0.4, 0.5) is 4.79 Å². The Morgan fingerprint density at radius 3 is 2.81 bits per heavy atom. The second kappa shape index (κ2) is 6.56. The Kier molecular flexibility index (Phi) is 4.37. The van der Waals surface area contributed by atoms with Gasteiger partial charge in [0.2, 0.25) is 0 Å². The van der Waals surface area contributed by atoms with Crippen molar-refractivity contribution in [2.75, 3.05) is 6.54 Å². The van der Waals surface area contributed by atoms with Crippen LogP contribution in [0.25, 0.3) is 5.65 Å². The van der Waals surface area contributed by atoms with Crippen LogP contribution in [0.1, 0.15) is 75.9 Å². The number of nitrogens with zero attached hydrogens (tertiary/aromatic N) is 4. The van der Waals surface area contributed by atoms with Crippen LogP contribution in [-0.4, -0.2) is 37.7 Å². The molecule has 0 radical (unpaired) electrons. The Balaban J connectivity index is 1.64. The first-order valence-corrected chi connectivity index (χ1v) is 9.78. The van der Waals surface area contributed by atoms with E-state index in [-0.39, 0.29) is 12.1 Å². The molecule has 2 aliphatic rings. The van der Waals surface area contributed by atoms with Gasteiger partial charge in [-0.2, -0.15) is 5.10 Å². The zero-order chi connectivity index (χ0) is 18.3. The van der Waals surface area contributed by atoms with Crippen LogP contribution in [0.5, 0.6) is 0 Å². The van der Waals surface area contributed by atoms with Gasteiger partial charge in [-0.3, -0.25) is 4.90 Å². The maximum Gasteiger partial charge on any atom is 0.410 e. The van der Waals surface area contributed by atoms with Crippen molar-refractivity contribution in [3.63, 3.8) is 0 Å². The van der Waals surface area contributed by atoms with E-state index < -0.39 is 5.60 Å². The summed E-state index contributed by atoms with van der Waals surface area (Å²) in [5.74, 6) is 0. The molecule has 1 aliphatic heterocycles. The van der Waals surface area contributed by atoms with Crippen LogP contribution in [0.3, 0.4) is 0 Å². The molecule has 6 heteroatoms. The number of carbonyl (C=O) groups excluding carboxylic acids is 1. The van der Waals surface area contributed by atoms with Gasteiger partial charge in [-0.25, -0.2) is 14.3 Å². The lowest BCUT2D eigenvalue weighted by Gasteiger charge is -2.35. The highest BCUT2D eigenvalue weighted by Crippen LogP contribution is 2.32. The van der Waals surface area contributed by atoms with Gasteiger partial charge in [0, 0.05) is 24.5 Å². The van der Waals surface area contributed by atoms with E-state index in [0.717, 1.165) is 50.0 Å². The van der Waals surface area contributed by atoms with E-state index >= 15 is 0 Å². The molecule has 1 amide bonds. The van der Waals surface area contributed by atoms with E-state index in [1.165, 1.54) is 24.1 Å². The highest BCUT2D eigenvalue weighted by molar-refractivity contribution is 5.69. The molecular weight excluding hydrogens is 328 g/mol. The number of carbonyl (C=O) groups is 1. The van der Waals surface area contributed by atoms with E-state index in [9.17, 15) is 4.79 Å². The summed E-state index contributed by atoms with van der Waals surface area (Å²) in [6, 6.07) is 2.01. The number of rotatable bonds is 1. The summed E-state index contributed by atoms with van der Waals surface area (Å²) in [6.07, 6.45) is 9.49. The number of hydrogen-bond acceptors (Lipinski definition) is 4. The molecule has 2 aromatic heterocycles. The first-order valence-electron chi connectivity index (χ1n) is 9.78. The lowest BCUT2D eigenvalue weighted by atomic mass is 9.97. The molecule has 1 saturated heterocycles. The fourth-order valence-corrected chi connectivity index (χ4v) is 3.99. The summed E-state index contributed by atoms with van der Waals surface area (Å²) in [5.41, 5.74) is 3.84. The molecule has 0 spiro atoms. The van der Waals surface area contributed by atoms with Crippen molar-refractivity contribution in [3.05, 3.63) is 29.2 Å². The maximum atomic E-state index is 12.7. The standard InChI is InChI=1S/C20H28N4O2/c1-20(2,3)26-19(25)23-11-7-6-10-17(23)16-12-18-21-15-9-5-4-8-14(15)13-24(18)22-16/h12-13,17H,4-11H2,1-3H3. The Hall–Kier alpha value is -2.11. The number of hydrogen-bond donors (Lipinski definition) is 0. The maximum absolute atomic E-state index is 12.7. The largest absolute Gasteiger partial charge is 0.444 e. The second-order valence-corrected chi connectivity index (χ2v) is 8.48. The second-order valence-electron chi connectivity index (χ2n) is 8.48. The van der Waals surface area contributed by atoms with Crippen molar-refractivity contribution >= 4 is 11.7 Å². The Morgan fingerprint density at radius 2 is 2.00 bits per heavy atom. The molecule has 1 unspecified atom stereocenters. The predicted octanol–water partition coefficient (Wildman–Crippen LogP) is 4.07. The number of likely N-dealkylation sites (tertiary alicyclic amines) is 1. The van der Waals surface area contributed by atoms with Gasteiger partial charge >= 0.3 is 6.09 Å². The Labute approximate surface area is 154 Å². The van der Waals surface area contributed by atoms with Gasteiger partial charge in [0.15, 0.2) is 5.65 Å². The van der Waals surface area contributed by atoms with E-state index in [1.807, 2.05) is 36.3 Å². The molecule has 1 fully saturated rings. The van der Waals surface area contributed by atoms with Gasteiger partial charge in [0.05, 0.1) is 11.7 Å². The summed E-state index contributed by atoms with van der Waals surface area (Å²) in [7, 11) is 0. The van der Waals surface area contributed by atoms with Gasteiger partial charge in [0.1, 0.15) is 5.60 Å². The average Bonchev–Trinajstić information content (AvgIpc) is 3.01. The quantitative estimate of drug-likeness (QED) is 0.773. The number of aromatic nitrogens is 3. The third kappa shape index (κ3) is 3.41. The zero-order valence-corrected chi connectivity index (χ0v) is 16.0. The van der Waals surface area contributed by atoms with Crippen molar-refractivity contribution in [1.82, 2.24) is 19.5 Å². The fraction of sp³-hybridized carbons (Fsp3) is 0.650. The van der Waals surface area contributed by atoms with Gasteiger partial charge in [-0.1, -0.05) is 0 Å². The van der Waals surface area contributed by atoms with Crippen molar-refractivity contribution in [1.29, 1.82) is 0 Å². The summed E-state index contributed by atoms with van der Waals surface area (Å²) in [6.45, 7) is 6.44. The lowest BCUT2D eigenvalue weighted by molar-refractivity contribution is 0.00898. The SMILES string of the molecule is CC(C)(C)OC(=O)N1CCCCC1c1cc2nc3c(cn2n1)CCCC3. The Bertz CT molecular complexity index is 778. The molecule has 1 aliphatic carbocycles. The summed E-state index contributed by atoms with van der Waals surface area (Å²) >= 11 is 0. The zero-order valence-electron chi connectivity index (χ0n) is 16.0. The van der Waals surface area contributed by atoms with E-state index in [4.69, 9.17) is 14.8 Å². The molecule has 0 N–H and O–H groups in total. The van der Waals surface area contributed by atoms with Crippen LogP contribution >= 0.6 is 0 Å². The van der Waals surface area contributed by atoms with Gasteiger partial charge in [0.25, 0.3) is 0 Å². The van der Waals surface area contributed by atoms with Gasteiger partial charge in [-0.05, 0) is 71.3 Å². The molecule has 140 valence electrons. The average molecular weight is 356 g/mol. The van der Waals surface area contributed by atoms with Crippen LogP contribution in [-0.2, 0) is 17.6 Å². The summed E-state index contributed by atoms with van der Waals surface area (Å²) in [5, 5.41) is 4.78. The van der Waals surface area contributed by atoms with Crippen LogP contribution in [0, 0.1) is 0 Å². The van der Waals surface area contributed by atoms with Gasteiger partial charge in [-0.15, -0.1) is 0 Å². The van der Waals surface area contributed by atoms with Crippen LogP contribution < -0.4 is 0 Å². The summed E-state index contributed by atoms with van der Waals surface area (Å²) in [4.78, 5) is 19.3. The minimum absolute atomic E-state index is 0.0303. The van der Waals surface area contributed by atoms with Crippen LogP contribution in [0.2, 0.25) is 0 Å². The summed E-state index contributed by atoms with van der Waals surface area (Å²) < 4.78 is 7.51. The molecule has 26 heavy (non-hydrogen) atoms. The monoisotopic (exact) mass is 356 g/mol. The van der Waals surface area contributed by atoms with E-state index in [1.54, 1.807) is 0 Å². The number of aryl methyl sites for hydroxylation is 2. The molecule has 2 aromatic rings. The lowest BCUT2D eigenvalue weighted by Crippen LogP contribution is -2.42. The number of amides is 1. The van der Waals surface area contributed by atoms with Crippen molar-refractivity contribution in [2.45, 2.75) is 77.4 Å².